The third-order valence-electron chi connectivity index (χ3n) is 4.08. The topological polar surface area (TPSA) is 89.2 Å². The van der Waals surface area contributed by atoms with E-state index in [0.29, 0.717) is 10.1 Å². The molecule has 0 aliphatic heterocycles. The fourth-order valence-corrected chi connectivity index (χ4v) is 4.77. The number of carbonyl (C=O) groups excluding carboxylic acids is 1. The van der Waals surface area contributed by atoms with E-state index in [4.69, 9.17) is 0 Å². The molecule has 9 heteroatoms. The first-order valence-electron chi connectivity index (χ1n) is 8.02. The van der Waals surface area contributed by atoms with Gasteiger partial charge in [-0.1, -0.05) is 32.1 Å². The van der Waals surface area contributed by atoms with Crippen molar-refractivity contribution in [3.05, 3.63) is 37.7 Å². The molecule has 130 valence electrons. The zero-order valence-electron chi connectivity index (χ0n) is 14.1. The molecule has 1 N–H and O–H groups in total. The normalized spacial score (nSPS) is 14.0. The Labute approximate surface area is 151 Å². The molecule has 0 aromatic carbocycles. The molecule has 7 nitrogen and oxygen atoms in total. The minimum Gasteiger partial charge on any atom is -0.296 e. The summed E-state index contributed by atoms with van der Waals surface area (Å²) >= 11 is 2.84. The molecule has 3 heterocycles. The Bertz CT molecular complexity index is 1040. The van der Waals surface area contributed by atoms with Gasteiger partial charge in [0.1, 0.15) is 10.6 Å². The molecule has 0 saturated heterocycles. The van der Waals surface area contributed by atoms with Gasteiger partial charge >= 0.3 is 0 Å². The average molecular weight is 375 g/mol. The number of anilines is 1. The number of aromatic nitrogens is 4. The van der Waals surface area contributed by atoms with Crippen LogP contribution in [0.5, 0.6) is 0 Å². The molecule has 1 amide bonds. The first-order chi connectivity index (χ1) is 11.8. The molecule has 4 rings (SSSR count). The van der Waals surface area contributed by atoms with Gasteiger partial charge in [0.15, 0.2) is 4.96 Å². The summed E-state index contributed by atoms with van der Waals surface area (Å²) in [7, 11) is 0. The summed E-state index contributed by atoms with van der Waals surface area (Å²) < 4.78 is 1.59. The van der Waals surface area contributed by atoms with Crippen molar-refractivity contribution < 1.29 is 4.79 Å². The first kappa shape index (κ1) is 16.3. The van der Waals surface area contributed by atoms with Crippen molar-refractivity contribution >= 4 is 38.7 Å². The maximum absolute atomic E-state index is 12.8. The lowest BCUT2D eigenvalue weighted by molar-refractivity contribution is 0.102. The zero-order chi connectivity index (χ0) is 17.8. The van der Waals surface area contributed by atoms with Crippen LogP contribution in [0.4, 0.5) is 5.13 Å². The van der Waals surface area contributed by atoms with Gasteiger partial charge < -0.3 is 0 Å². The number of hydrogen-bond donors (Lipinski definition) is 1. The van der Waals surface area contributed by atoms with E-state index in [0.717, 1.165) is 30.0 Å². The molecule has 0 spiro atoms. The van der Waals surface area contributed by atoms with E-state index < -0.39 is 5.91 Å². The lowest BCUT2D eigenvalue weighted by Crippen LogP contribution is -2.27. The van der Waals surface area contributed by atoms with Gasteiger partial charge in [-0.3, -0.25) is 19.3 Å². The van der Waals surface area contributed by atoms with Crippen LogP contribution in [0, 0.1) is 0 Å². The maximum Gasteiger partial charge on any atom is 0.271 e. The third-order valence-corrected chi connectivity index (χ3v) is 6.51. The molecule has 0 atom stereocenters. The number of nitrogens with zero attached hydrogens (tertiary/aromatic N) is 4. The lowest BCUT2D eigenvalue weighted by atomic mass is 9.98. The van der Waals surface area contributed by atoms with Crippen LogP contribution in [0.25, 0.3) is 4.96 Å². The SMILES string of the molecule is CC(C)(C)c1nnc(NC(=O)c2cnc3sc4c(n3c2=O)CCC4)s1. The van der Waals surface area contributed by atoms with E-state index in [9.17, 15) is 9.59 Å². The Morgan fingerprint density at radius 3 is 2.76 bits per heavy atom. The van der Waals surface area contributed by atoms with Crippen molar-refractivity contribution in [3.63, 3.8) is 0 Å². The summed E-state index contributed by atoms with van der Waals surface area (Å²) in [4.78, 5) is 31.5. The largest absolute Gasteiger partial charge is 0.296 e. The summed E-state index contributed by atoms with van der Waals surface area (Å²) in [6.45, 7) is 6.08. The van der Waals surface area contributed by atoms with Crippen molar-refractivity contribution in [3.8, 4) is 0 Å². The highest BCUT2D eigenvalue weighted by molar-refractivity contribution is 7.17. The fraction of sp³-hybridized carbons (Fsp3) is 0.438. The van der Waals surface area contributed by atoms with Crippen molar-refractivity contribution in [2.24, 2.45) is 0 Å². The van der Waals surface area contributed by atoms with Crippen LogP contribution in [-0.4, -0.2) is 25.5 Å². The van der Waals surface area contributed by atoms with Gasteiger partial charge in [0.2, 0.25) is 5.13 Å². The summed E-state index contributed by atoms with van der Waals surface area (Å²) in [6.07, 6.45) is 4.22. The van der Waals surface area contributed by atoms with Crippen molar-refractivity contribution in [1.82, 2.24) is 19.6 Å². The minimum atomic E-state index is -0.499. The number of hydrogen-bond acceptors (Lipinski definition) is 7. The van der Waals surface area contributed by atoms with Gasteiger partial charge in [-0.15, -0.1) is 21.5 Å². The van der Waals surface area contributed by atoms with Gasteiger partial charge in [0.25, 0.3) is 11.5 Å². The van der Waals surface area contributed by atoms with Crippen LogP contribution in [0.2, 0.25) is 0 Å². The van der Waals surface area contributed by atoms with Gasteiger partial charge in [-0.2, -0.15) is 0 Å². The van der Waals surface area contributed by atoms with Crippen LogP contribution < -0.4 is 10.9 Å². The van der Waals surface area contributed by atoms with Crippen molar-refractivity contribution in [1.29, 1.82) is 0 Å². The van der Waals surface area contributed by atoms with Crippen molar-refractivity contribution in [2.45, 2.75) is 45.4 Å². The number of nitrogens with one attached hydrogen (secondary N) is 1. The molecule has 25 heavy (non-hydrogen) atoms. The number of thiazole rings is 1. The Hall–Kier alpha value is -2.13. The van der Waals surface area contributed by atoms with E-state index in [-0.39, 0.29) is 16.5 Å². The summed E-state index contributed by atoms with van der Waals surface area (Å²) in [5.41, 5.74) is 0.566. The molecule has 1 aliphatic carbocycles. The van der Waals surface area contributed by atoms with Gasteiger partial charge in [0.05, 0.1) is 0 Å². The molecule has 0 unspecified atom stereocenters. The highest BCUT2D eigenvalue weighted by Crippen LogP contribution is 2.29. The van der Waals surface area contributed by atoms with Crippen LogP contribution >= 0.6 is 22.7 Å². The Morgan fingerprint density at radius 2 is 2.04 bits per heavy atom. The third kappa shape index (κ3) is 2.77. The molecule has 0 radical (unpaired) electrons. The second-order valence-corrected chi connectivity index (χ2v) is 9.08. The standard InChI is InChI=1S/C16H17N5O2S2/c1-16(2,3)13-19-20-14(25-13)18-11(22)8-7-17-15-21(12(8)23)9-5-4-6-10(9)24-15/h7H,4-6H2,1-3H3,(H,18,20,22). The van der Waals surface area contributed by atoms with Gasteiger partial charge in [-0.05, 0) is 19.3 Å². The van der Waals surface area contributed by atoms with Gasteiger partial charge in [0, 0.05) is 22.2 Å². The van der Waals surface area contributed by atoms with Crippen LogP contribution in [-0.2, 0) is 18.3 Å². The molecular formula is C16H17N5O2S2. The molecule has 3 aromatic rings. The average Bonchev–Trinajstić information content (AvgIpc) is 3.21. The second kappa shape index (κ2) is 5.70. The summed E-state index contributed by atoms with van der Waals surface area (Å²) in [5, 5.41) is 12.0. The minimum absolute atomic E-state index is 0.0255. The van der Waals surface area contributed by atoms with E-state index in [1.165, 1.54) is 33.7 Å². The second-order valence-electron chi connectivity index (χ2n) is 7.04. The van der Waals surface area contributed by atoms with Crippen LogP contribution in [0.15, 0.2) is 11.0 Å². The quantitative estimate of drug-likeness (QED) is 0.744. The van der Waals surface area contributed by atoms with Crippen LogP contribution in [0.3, 0.4) is 0 Å². The number of aryl methyl sites for hydroxylation is 2. The molecule has 0 saturated carbocycles. The predicted octanol–water partition coefficient (Wildman–Crippen LogP) is 2.65. The lowest BCUT2D eigenvalue weighted by Gasteiger charge is -2.12. The Kier molecular flexibility index (Phi) is 3.73. The van der Waals surface area contributed by atoms with Gasteiger partial charge in [-0.25, -0.2) is 4.98 Å². The molecular weight excluding hydrogens is 358 g/mol. The van der Waals surface area contributed by atoms with Crippen LogP contribution in [0.1, 0.15) is 53.1 Å². The molecule has 0 bridgehead atoms. The highest BCUT2D eigenvalue weighted by atomic mass is 32.1. The predicted molar refractivity (Wildman–Crippen MR) is 97.9 cm³/mol. The zero-order valence-corrected chi connectivity index (χ0v) is 15.8. The summed E-state index contributed by atoms with van der Waals surface area (Å²) in [6, 6.07) is 0. The first-order valence-corrected chi connectivity index (χ1v) is 9.65. The number of amides is 1. The highest BCUT2D eigenvalue weighted by Gasteiger charge is 2.24. The van der Waals surface area contributed by atoms with E-state index in [2.05, 4.69) is 20.5 Å². The Morgan fingerprint density at radius 1 is 1.24 bits per heavy atom. The van der Waals surface area contributed by atoms with E-state index >= 15 is 0 Å². The monoisotopic (exact) mass is 375 g/mol. The Balaban J connectivity index is 1.68. The smallest absolute Gasteiger partial charge is 0.271 e. The van der Waals surface area contributed by atoms with E-state index in [1.807, 2.05) is 20.8 Å². The number of fused-ring (bicyclic) bond motifs is 3. The molecule has 0 fully saturated rings. The maximum atomic E-state index is 12.8. The molecule has 1 aliphatic rings. The summed E-state index contributed by atoms with van der Waals surface area (Å²) in [5.74, 6) is -0.499. The fourth-order valence-electron chi connectivity index (χ4n) is 2.80. The molecule has 3 aromatic heterocycles. The van der Waals surface area contributed by atoms with Crippen molar-refractivity contribution in [2.75, 3.05) is 5.32 Å². The number of rotatable bonds is 2. The van der Waals surface area contributed by atoms with E-state index in [1.54, 1.807) is 4.40 Å². The number of carbonyl (C=O) groups is 1.